The number of pyridine rings is 1. The molecule has 0 aliphatic carbocycles. The molecule has 3 heterocycles. The van der Waals surface area contributed by atoms with Gasteiger partial charge in [0.2, 0.25) is 5.91 Å². The molecule has 0 atom stereocenters. The van der Waals surface area contributed by atoms with Crippen LogP contribution in [0.1, 0.15) is 19.4 Å². The lowest BCUT2D eigenvalue weighted by atomic mass is 10.1. The smallest absolute Gasteiger partial charge is 0.231 e. The third-order valence-corrected chi connectivity index (χ3v) is 5.06. The van der Waals surface area contributed by atoms with Crippen LogP contribution in [0.4, 0.5) is 5.69 Å². The SMILES string of the molecule is CC(C)N1C(=O)Cc2c(-c3nc(-c4ccccn4)cs3)cccc21. The molecule has 24 heavy (non-hydrogen) atoms. The quantitative estimate of drug-likeness (QED) is 0.722. The van der Waals surface area contributed by atoms with Gasteiger partial charge in [0.05, 0.1) is 12.1 Å². The van der Waals surface area contributed by atoms with Crippen LogP contribution in [-0.4, -0.2) is 21.9 Å². The fourth-order valence-electron chi connectivity index (χ4n) is 3.15. The van der Waals surface area contributed by atoms with E-state index in [1.165, 1.54) is 0 Å². The molecule has 0 radical (unpaired) electrons. The maximum absolute atomic E-state index is 12.4. The first-order chi connectivity index (χ1) is 11.6. The first-order valence-corrected chi connectivity index (χ1v) is 8.84. The zero-order valence-electron chi connectivity index (χ0n) is 13.6. The van der Waals surface area contributed by atoms with Gasteiger partial charge in [-0.1, -0.05) is 18.2 Å². The van der Waals surface area contributed by atoms with Crippen LogP contribution in [0.3, 0.4) is 0 Å². The normalized spacial score (nSPS) is 13.6. The zero-order valence-corrected chi connectivity index (χ0v) is 14.4. The van der Waals surface area contributed by atoms with Crippen molar-refractivity contribution in [2.75, 3.05) is 4.90 Å². The van der Waals surface area contributed by atoms with E-state index in [9.17, 15) is 4.79 Å². The highest BCUT2D eigenvalue weighted by Crippen LogP contribution is 2.39. The van der Waals surface area contributed by atoms with E-state index < -0.39 is 0 Å². The van der Waals surface area contributed by atoms with Crippen LogP contribution in [0.2, 0.25) is 0 Å². The van der Waals surface area contributed by atoms with Crippen molar-refractivity contribution in [3.05, 3.63) is 53.5 Å². The van der Waals surface area contributed by atoms with Crippen molar-refractivity contribution >= 4 is 22.9 Å². The van der Waals surface area contributed by atoms with Crippen molar-refractivity contribution in [1.29, 1.82) is 0 Å². The van der Waals surface area contributed by atoms with Crippen molar-refractivity contribution in [2.45, 2.75) is 26.3 Å². The van der Waals surface area contributed by atoms with Gasteiger partial charge in [0.1, 0.15) is 10.7 Å². The number of aromatic nitrogens is 2. The number of nitrogens with zero attached hydrogens (tertiary/aromatic N) is 3. The number of rotatable bonds is 3. The molecule has 0 unspecified atom stereocenters. The van der Waals surface area contributed by atoms with E-state index >= 15 is 0 Å². The predicted octanol–water partition coefficient (Wildman–Crippen LogP) is 4.17. The number of benzene rings is 1. The van der Waals surface area contributed by atoms with Gasteiger partial charge in [-0.2, -0.15) is 0 Å². The monoisotopic (exact) mass is 335 g/mol. The Balaban J connectivity index is 1.78. The first kappa shape index (κ1) is 15.0. The van der Waals surface area contributed by atoms with Crippen molar-refractivity contribution in [3.63, 3.8) is 0 Å². The van der Waals surface area contributed by atoms with Crippen LogP contribution in [-0.2, 0) is 11.2 Å². The van der Waals surface area contributed by atoms with Gasteiger partial charge in [-0.3, -0.25) is 9.78 Å². The molecule has 0 saturated carbocycles. The number of fused-ring (bicyclic) bond motifs is 1. The molecule has 0 bridgehead atoms. The summed E-state index contributed by atoms with van der Waals surface area (Å²) >= 11 is 1.59. The van der Waals surface area contributed by atoms with Crippen LogP contribution < -0.4 is 4.90 Å². The summed E-state index contributed by atoms with van der Waals surface area (Å²) in [7, 11) is 0. The molecule has 3 aromatic rings. The molecule has 5 heteroatoms. The van der Waals surface area contributed by atoms with Crippen LogP contribution in [0.5, 0.6) is 0 Å². The standard InChI is InChI=1S/C19H17N3OS/c1-12(2)22-17-8-5-6-13(14(17)10-18(22)23)19-21-16(11-24-19)15-7-3-4-9-20-15/h3-9,11-12H,10H2,1-2H3. The third-order valence-electron chi connectivity index (χ3n) is 4.19. The zero-order chi connectivity index (χ0) is 16.7. The second-order valence-electron chi connectivity index (χ2n) is 6.09. The van der Waals surface area contributed by atoms with Crippen LogP contribution in [0, 0.1) is 0 Å². The largest absolute Gasteiger partial charge is 0.309 e. The van der Waals surface area contributed by atoms with E-state index in [1.807, 2.05) is 54.5 Å². The van der Waals surface area contributed by atoms with Gasteiger partial charge in [0, 0.05) is 28.9 Å². The summed E-state index contributed by atoms with van der Waals surface area (Å²) in [6.45, 7) is 4.09. The highest BCUT2D eigenvalue weighted by molar-refractivity contribution is 7.13. The van der Waals surface area contributed by atoms with Gasteiger partial charge in [-0.05, 0) is 37.6 Å². The molecule has 0 fully saturated rings. The summed E-state index contributed by atoms with van der Waals surface area (Å²) in [4.78, 5) is 23.4. The maximum atomic E-state index is 12.4. The average molecular weight is 335 g/mol. The fraction of sp³-hybridized carbons (Fsp3) is 0.211. The third kappa shape index (κ3) is 2.41. The minimum atomic E-state index is 0.161. The highest BCUT2D eigenvalue weighted by Gasteiger charge is 2.31. The summed E-state index contributed by atoms with van der Waals surface area (Å²) < 4.78 is 0. The van der Waals surface area contributed by atoms with Gasteiger partial charge in [-0.15, -0.1) is 11.3 Å². The Hall–Kier alpha value is -2.53. The summed E-state index contributed by atoms with van der Waals surface area (Å²) in [5.74, 6) is 0.161. The number of carbonyl (C=O) groups is 1. The number of amides is 1. The Bertz CT molecular complexity index is 902. The topological polar surface area (TPSA) is 46.1 Å². The Morgan fingerprint density at radius 1 is 1.12 bits per heavy atom. The summed E-state index contributed by atoms with van der Waals surface area (Å²) in [6.07, 6.45) is 2.22. The van der Waals surface area contributed by atoms with E-state index in [4.69, 9.17) is 4.98 Å². The summed E-state index contributed by atoms with van der Waals surface area (Å²) in [5, 5.41) is 2.96. The minimum Gasteiger partial charge on any atom is -0.309 e. The van der Waals surface area contributed by atoms with Gasteiger partial charge in [0.15, 0.2) is 0 Å². The molecule has 120 valence electrons. The molecule has 4 nitrogen and oxygen atoms in total. The lowest BCUT2D eigenvalue weighted by Gasteiger charge is -2.22. The van der Waals surface area contributed by atoms with Crippen LogP contribution in [0.25, 0.3) is 22.0 Å². The summed E-state index contributed by atoms with van der Waals surface area (Å²) in [5.41, 5.74) is 4.89. The van der Waals surface area contributed by atoms with Gasteiger partial charge >= 0.3 is 0 Å². The molecule has 0 saturated heterocycles. The number of thiazole rings is 1. The number of hydrogen-bond acceptors (Lipinski definition) is 4. The molecule has 4 rings (SSSR count). The number of hydrogen-bond donors (Lipinski definition) is 0. The van der Waals surface area contributed by atoms with Crippen molar-refractivity contribution in [3.8, 4) is 22.0 Å². The minimum absolute atomic E-state index is 0.161. The van der Waals surface area contributed by atoms with E-state index in [0.29, 0.717) is 6.42 Å². The Morgan fingerprint density at radius 3 is 2.75 bits per heavy atom. The Morgan fingerprint density at radius 2 is 2.00 bits per heavy atom. The van der Waals surface area contributed by atoms with Gasteiger partial charge < -0.3 is 4.90 Å². The maximum Gasteiger partial charge on any atom is 0.231 e. The second kappa shape index (κ2) is 5.83. The first-order valence-electron chi connectivity index (χ1n) is 7.96. The van der Waals surface area contributed by atoms with Crippen LogP contribution in [0.15, 0.2) is 48.0 Å². The Labute approximate surface area is 144 Å². The van der Waals surface area contributed by atoms with E-state index in [1.54, 1.807) is 17.5 Å². The molecule has 1 aliphatic heterocycles. The van der Waals surface area contributed by atoms with Crippen molar-refractivity contribution in [1.82, 2.24) is 9.97 Å². The fourth-order valence-corrected chi connectivity index (χ4v) is 4.02. The van der Waals surface area contributed by atoms with Crippen molar-refractivity contribution < 1.29 is 4.79 Å². The van der Waals surface area contributed by atoms with Gasteiger partial charge in [-0.25, -0.2) is 4.98 Å². The molecule has 1 amide bonds. The number of carbonyl (C=O) groups excluding carboxylic acids is 1. The molecule has 0 spiro atoms. The molecular weight excluding hydrogens is 318 g/mol. The van der Waals surface area contributed by atoms with E-state index in [2.05, 4.69) is 11.1 Å². The number of anilines is 1. The predicted molar refractivity (Wildman–Crippen MR) is 97.1 cm³/mol. The van der Waals surface area contributed by atoms with E-state index in [0.717, 1.165) is 33.2 Å². The lowest BCUT2D eigenvalue weighted by Crippen LogP contribution is -2.33. The molecular formula is C19H17N3OS. The summed E-state index contributed by atoms with van der Waals surface area (Å²) in [6, 6.07) is 12.1. The highest BCUT2D eigenvalue weighted by atomic mass is 32.1. The van der Waals surface area contributed by atoms with E-state index in [-0.39, 0.29) is 11.9 Å². The van der Waals surface area contributed by atoms with Gasteiger partial charge in [0.25, 0.3) is 0 Å². The van der Waals surface area contributed by atoms with Crippen molar-refractivity contribution in [2.24, 2.45) is 0 Å². The average Bonchev–Trinajstić information content (AvgIpc) is 3.19. The van der Waals surface area contributed by atoms with Crippen LogP contribution >= 0.6 is 11.3 Å². The molecule has 0 N–H and O–H groups in total. The molecule has 1 aliphatic rings. The lowest BCUT2D eigenvalue weighted by molar-refractivity contribution is -0.117. The molecule has 1 aromatic carbocycles. The second-order valence-corrected chi connectivity index (χ2v) is 6.95. The Kier molecular flexibility index (Phi) is 3.65. The molecule has 2 aromatic heterocycles.